The molecule has 2 heterocycles. The van der Waals surface area contributed by atoms with Crippen LogP contribution in [0.15, 0.2) is 22.3 Å². The molecule has 0 aromatic carbocycles. The van der Waals surface area contributed by atoms with Gasteiger partial charge < -0.3 is 5.11 Å². The molecule has 0 amide bonds. The number of carboxylic acids is 1. The first-order valence-electron chi connectivity index (χ1n) is 5.03. The van der Waals surface area contributed by atoms with E-state index in [9.17, 15) is 9.59 Å². The van der Waals surface area contributed by atoms with Crippen LogP contribution in [0.3, 0.4) is 0 Å². The number of hydrogen-bond donors (Lipinski definition) is 2. The zero-order valence-corrected chi connectivity index (χ0v) is 10.3. The fourth-order valence-electron chi connectivity index (χ4n) is 1.42. The van der Waals surface area contributed by atoms with Gasteiger partial charge in [0, 0.05) is 18.8 Å². The predicted octanol–water partition coefficient (Wildman–Crippen LogP) is -0.470. The Kier molecular flexibility index (Phi) is 3.51. The van der Waals surface area contributed by atoms with Crippen molar-refractivity contribution in [2.45, 2.75) is 11.7 Å². The Hall–Kier alpha value is -2.03. The Morgan fingerprint density at radius 1 is 1.61 bits per heavy atom. The van der Waals surface area contributed by atoms with Gasteiger partial charge in [0.2, 0.25) is 0 Å². The molecule has 9 heteroatoms. The Labute approximate surface area is 106 Å². The molecule has 0 aliphatic rings. The van der Waals surface area contributed by atoms with Gasteiger partial charge in [0.05, 0.1) is 18.5 Å². The molecule has 0 spiro atoms. The number of aromatic nitrogens is 5. The molecule has 0 saturated carbocycles. The Balaban J connectivity index is 2.18. The van der Waals surface area contributed by atoms with Gasteiger partial charge in [-0.2, -0.15) is 5.10 Å². The number of nitrogens with zero attached hydrogens (tertiary/aromatic N) is 4. The second-order valence-corrected chi connectivity index (χ2v) is 4.54. The number of H-pyrrole nitrogens is 1. The SMILES string of the molecule is Cn1cc(Cn2c(SCC(=O)O)n[nH]c2=O)cn1. The van der Waals surface area contributed by atoms with Gasteiger partial charge in [-0.15, -0.1) is 5.10 Å². The highest BCUT2D eigenvalue weighted by molar-refractivity contribution is 7.99. The fourth-order valence-corrected chi connectivity index (χ4v) is 2.08. The monoisotopic (exact) mass is 269 g/mol. The molecule has 18 heavy (non-hydrogen) atoms. The van der Waals surface area contributed by atoms with Crippen LogP contribution in [0.1, 0.15) is 5.56 Å². The van der Waals surface area contributed by atoms with E-state index in [-0.39, 0.29) is 11.4 Å². The summed E-state index contributed by atoms with van der Waals surface area (Å²) in [6.45, 7) is 0.311. The van der Waals surface area contributed by atoms with Crippen LogP contribution in [0, 0.1) is 0 Å². The number of nitrogens with one attached hydrogen (secondary N) is 1. The molecule has 8 nitrogen and oxygen atoms in total. The minimum absolute atomic E-state index is 0.142. The number of aryl methyl sites for hydroxylation is 1. The van der Waals surface area contributed by atoms with Crippen molar-refractivity contribution in [2.75, 3.05) is 5.75 Å². The van der Waals surface area contributed by atoms with E-state index in [2.05, 4.69) is 15.3 Å². The molecule has 2 N–H and O–H groups in total. The summed E-state index contributed by atoms with van der Waals surface area (Å²) >= 11 is 0.996. The van der Waals surface area contributed by atoms with Crippen LogP contribution >= 0.6 is 11.8 Å². The second kappa shape index (κ2) is 5.08. The Bertz CT molecular complexity index is 614. The minimum Gasteiger partial charge on any atom is -0.481 e. The van der Waals surface area contributed by atoms with Crippen molar-refractivity contribution in [1.29, 1.82) is 0 Å². The lowest BCUT2D eigenvalue weighted by Crippen LogP contribution is -2.18. The minimum atomic E-state index is -0.955. The van der Waals surface area contributed by atoms with E-state index >= 15 is 0 Å². The molecule has 0 aliphatic heterocycles. The second-order valence-electron chi connectivity index (χ2n) is 3.60. The lowest BCUT2D eigenvalue weighted by molar-refractivity contribution is -0.133. The molecule has 0 bridgehead atoms. The molecule has 0 saturated heterocycles. The third kappa shape index (κ3) is 2.80. The first-order chi connectivity index (χ1) is 8.56. The fraction of sp³-hybridized carbons (Fsp3) is 0.333. The van der Waals surface area contributed by atoms with E-state index in [0.717, 1.165) is 17.3 Å². The number of aromatic amines is 1. The maximum absolute atomic E-state index is 11.6. The van der Waals surface area contributed by atoms with Gasteiger partial charge >= 0.3 is 11.7 Å². The molecule has 2 rings (SSSR count). The Morgan fingerprint density at radius 2 is 2.39 bits per heavy atom. The summed E-state index contributed by atoms with van der Waals surface area (Å²) < 4.78 is 3.01. The van der Waals surface area contributed by atoms with Crippen molar-refractivity contribution in [2.24, 2.45) is 7.05 Å². The predicted molar refractivity (Wildman–Crippen MR) is 63.5 cm³/mol. The van der Waals surface area contributed by atoms with Crippen molar-refractivity contribution >= 4 is 17.7 Å². The van der Waals surface area contributed by atoms with Crippen molar-refractivity contribution in [3.63, 3.8) is 0 Å². The third-order valence-corrected chi connectivity index (χ3v) is 3.11. The van der Waals surface area contributed by atoms with Crippen LogP contribution in [0.25, 0.3) is 0 Å². The topological polar surface area (TPSA) is 106 Å². The highest BCUT2D eigenvalue weighted by atomic mass is 32.2. The van der Waals surface area contributed by atoms with E-state index in [4.69, 9.17) is 5.11 Å². The molecular weight excluding hydrogens is 258 g/mol. The normalized spacial score (nSPS) is 10.7. The maximum atomic E-state index is 11.6. The molecule has 0 radical (unpaired) electrons. The third-order valence-electron chi connectivity index (χ3n) is 2.15. The van der Waals surface area contributed by atoms with Gasteiger partial charge in [0.15, 0.2) is 5.16 Å². The highest BCUT2D eigenvalue weighted by Gasteiger charge is 2.11. The molecule has 0 aliphatic carbocycles. The summed E-state index contributed by atoms with van der Waals surface area (Å²) in [6, 6.07) is 0. The number of hydrogen-bond acceptors (Lipinski definition) is 5. The summed E-state index contributed by atoms with van der Waals surface area (Å²) in [5.74, 6) is -1.10. The van der Waals surface area contributed by atoms with E-state index < -0.39 is 5.97 Å². The molecule has 2 aromatic rings. The molecule has 2 aromatic heterocycles. The first kappa shape index (κ1) is 12.4. The summed E-state index contributed by atoms with van der Waals surface area (Å²) in [4.78, 5) is 22.0. The van der Waals surface area contributed by atoms with Gasteiger partial charge in [0.25, 0.3) is 0 Å². The van der Waals surface area contributed by atoms with Crippen LogP contribution in [0.2, 0.25) is 0 Å². The van der Waals surface area contributed by atoms with Gasteiger partial charge in [-0.25, -0.2) is 9.89 Å². The zero-order chi connectivity index (χ0) is 13.1. The van der Waals surface area contributed by atoms with Gasteiger partial charge in [-0.1, -0.05) is 11.8 Å². The average molecular weight is 269 g/mol. The van der Waals surface area contributed by atoms with E-state index in [0.29, 0.717) is 11.7 Å². The first-order valence-corrected chi connectivity index (χ1v) is 6.02. The van der Waals surface area contributed by atoms with Crippen molar-refractivity contribution in [1.82, 2.24) is 24.5 Å². The molecule has 0 unspecified atom stereocenters. The van der Waals surface area contributed by atoms with Crippen LogP contribution < -0.4 is 5.69 Å². The van der Waals surface area contributed by atoms with Crippen LogP contribution in [-0.2, 0) is 18.4 Å². The van der Waals surface area contributed by atoms with E-state index in [1.165, 1.54) is 4.57 Å². The molecule has 0 fully saturated rings. The van der Waals surface area contributed by atoms with E-state index in [1.807, 2.05) is 0 Å². The summed E-state index contributed by atoms with van der Waals surface area (Å²) in [6.07, 6.45) is 3.43. The smallest absolute Gasteiger partial charge is 0.344 e. The highest BCUT2D eigenvalue weighted by Crippen LogP contribution is 2.13. The number of carbonyl (C=O) groups is 1. The van der Waals surface area contributed by atoms with Gasteiger partial charge in [0.1, 0.15) is 0 Å². The number of rotatable bonds is 5. The lowest BCUT2D eigenvalue weighted by Gasteiger charge is -2.01. The number of carboxylic acid groups (broad SMARTS) is 1. The molecule has 96 valence electrons. The standard InChI is InChI=1S/C9H11N5O3S/c1-13-3-6(2-10-13)4-14-8(17)11-12-9(14)18-5-7(15)16/h2-3H,4-5H2,1H3,(H,11,17)(H,15,16). The van der Waals surface area contributed by atoms with Crippen LogP contribution in [-0.4, -0.2) is 41.4 Å². The quantitative estimate of drug-likeness (QED) is 0.711. The molecule has 0 atom stereocenters. The summed E-state index contributed by atoms with van der Waals surface area (Å²) in [5, 5.41) is 19.1. The van der Waals surface area contributed by atoms with Crippen LogP contribution in [0.5, 0.6) is 0 Å². The van der Waals surface area contributed by atoms with Gasteiger partial charge in [-0.3, -0.25) is 14.0 Å². The number of aliphatic carboxylic acids is 1. The lowest BCUT2D eigenvalue weighted by atomic mass is 10.4. The summed E-state index contributed by atoms with van der Waals surface area (Å²) in [7, 11) is 1.78. The van der Waals surface area contributed by atoms with Crippen molar-refractivity contribution < 1.29 is 9.90 Å². The largest absolute Gasteiger partial charge is 0.481 e. The average Bonchev–Trinajstić information content (AvgIpc) is 2.85. The van der Waals surface area contributed by atoms with Crippen molar-refractivity contribution in [3.05, 3.63) is 28.4 Å². The van der Waals surface area contributed by atoms with Crippen molar-refractivity contribution in [3.8, 4) is 0 Å². The van der Waals surface area contributed by atoms with E-state index in [1.54, 1.807) is 24.1 Å². The Morgan fingerprint density at radius 3 is 3.00 bits per heavy atom. The van der Waals surface area contributed by atoms with Crippen LogP contribution in [0.4, 0.5) is 0 Å². The maximum Gasteiger partial charge on any atom is 0.344 e. The summed E-state index contributed by atoms with van der Waals surface area (Å²) in [5.41, 5.74) is 0.477. The van der Waals surface area contributed by atoms with Gasteiger partial charge in [-0.05, 0) is 0 Å². The molecular formula is C9H11N5O3S. The zero-order valence-electron chi connectivity index (χ0n) is 9.53. The number of thioether (sulfide) groups is 1.